The Bertz CT molecular complexity index is 1210. The number of piperidine rings is 1. The number of nitrogens with one attached hydrogen (secondary N) is 1. The topological polar surface area (TPSA) is 116 Å². The van der Waals surface area contributed by atoms with Crippen LogP contribution in [-0.4, -0.2) is 81.8 Å². The molecule has 4 aliphatic heterocycles. The van der Waals surface area contributed by atoms with Gasteiger partial charge in [-0.05, 0) is 50.2 Å². The van der Waals surface area contributed by atoms with Crippen LogP contribution in [0.1, 0.15) is 18.9 Å². The summed E-state index contributed by atoms with van der Waals surface area (Å²) in [6, 6.07) is 7.57. The van der Waals surface area contributed by atoms with Crippen LogP contribution in [-0.2, 0) is 11.8 Å². The van der Waals surface area contributed by atoms with Crippen LogP contribution >= 0.6 is 0 Å². The molecule has 180 valence electrons. The highest BCUT2D eigenvalue weighted by atomic mass is 16.5. The van der Waals surface area contributed by atoms with Gasteiger partial charge in [0.2, 0.25) is 0 Å². The molecule has 0 amide bonds. The first kappa shape index (κ1) is 22.6. The number of fused-ring (bicyclic) bond motifs is 1. The van der Waals surface area contributed by atoms with Gasteiger partial charge in [0.1, 0.15) is 12.4 Å². The normalized spacial score (nSPS) is 17.8. The van der Waals surface area contributed by atoms with Crippen LogP contribution in [0.15, 0.2) is 33.9 Å². The van der Waals surface area contributed by atoms with E-state index in [-0.39, 0.29) is 17.6 Å². The average molecular weight is 468 g/mol. The number of nitrogens with zero attached hydrogens (tertiary/aromatic N) is 6. The molecule has 0 radical (unpaired) electrons. The van der Waals surface area contributed by atoms with E-state index in [1.165, 1.54) is 7.05 Å². The number of rotatable bonds is 6. The predicted molar refractivity (Wildman–Crippen MR) is 125 cm³/mol. The van der Waals surface area contributed by atoms with Crippen LogP contribution < -0.4 is 21.3 Å². The first-order valence-electron chi connectivity index (χ1n) is 11.7. The maximum absolute atomic E-state index is 12.8. The molecule has 2 saturated heterocycles. The molecule has 0 saturated carbocycles. The van der Waals surface area contributed by atoms with Crippen molar-refractivity contribution in [3.05, 3.63) is 45.1 Å². The van der Waals surface area contributed by atoms with Crippen molar-refractivity contribution in [3.8, 4) is 28.7 Å². The Morgan fingerprint density at radius 1 is 1.09 bits per heavy atom. The van der Waals surface area contributed by atoms with Crippen molar-refractivity contribution in [2.75, 3.05) is 52.5 Å². The van der Waals surface area contributed by atoms with E-state index in [1.807, 2.05) is 24.3 Å². The van der Waals surface area contributed by atoms with E-state index in [4.69, 9.17) is 14.6 Å². The highest BCUT2D eigenvalue weighted by Gasteiger charge is 2.26. The summed E-state index contributed by atoms with van der Waals surface area (Å²) in [5.41, 5.74) is -0.158. The minimum absolute atomic E-state index is 0.0345. The molecule has 1 aromatic rings. The number of hydrogen-bond acceptors (Lipinski definition) is 9. The number of morpholine rings is 1. The zero-order valence-corrected chi connectivity index (χ0v) is 19.3. The fourth-order valence-corrected chi connectivity index (χ4v) is 4.34. The Kier molecular flexibility index (Phi) is 6.66. The minimum atomic E-state index is -0.602. The molecule has 1 N–H and O–H groups in total. The van der Waals surface area contributed by atoms with Crippen molar-refractivity contribution in [1.82, 2.24) is 34.5 Å². The summed E-state index contributed by atoms with van der Waals surface area (Å²) in [6.07, 6.45) is 1.66. The van der Waals surface area contributed by atoms with Crippen LogP contribution in [0.2, 0.25) is 0 Å². The molecule has 11 heteroatoms. The zero-order chi connectivity index (χ0) is 23.5. The molecule has 1 aromatic carbocycles. The van der Waals surface area contributed by atoms with Crippen LogP contribution in [0.4, 0.5) is 0 Å². The maximum atomic E-state index is 12.8. The molecule has 4 aliphatic rings. The third-order valence-electron chi connectivity index (χ3n) is 6.39. The van der Waals surface area contributed by atoms with Gasteiger partial charge in [0.25, 0.3) is 5.56 Å². The van der Waals surface area contributed by atoms with Crippen molar-refractivity contribution in [1.29, 1.82) is 0 Å². The van der Waals surface area contributed by atoms with Gasteiger partial charge < -0.3 is 14.8 Å². The van der Waals surface area contributed by atoms with Crippen LogP contribution in [0.25, 0.3) is 22.9 Å². The summed E-state index contributed by atoms with van der Waals surface area (Å²) in [5, 5.41) is 8.06. The van der Waals surface area contributed by atoms with Crippen molar-refractivity contribution in [2.45, 2.75) is 18.9 Å². The van der Waals surface area contributed by atoms with Crippen LogP contribution in [0.3, 0.4) is 0 Å². The zero-order valence-electron chi connectivity index (χ0n) is 19.3. The van der Waals surface area contributed by atoms with Gasteiger partial charge in [0.05, 0.1) is 19.3 Å². The quantitative estimate of drug-likeness (QED) is 0.540. The first-order chi connectivity index (χ1) is 16.6. The molecular formula is C23H29N7O4. The van der Waals surface area contributed by atoms with Gasteiger partial charge in [-0.25, -0.2) is 14.5 Å². The molecule has 5 rings (SSSR count). The molecular weight excluding hydrogens is 438 g/mol. The average Bonchev–Trinajstić information content (AvgIpc) is 2.88. The lowest BCUT2D eigenvalue weighted by molar-refractivity contribution is 0.0322. The summed E-state index contributed by atoms with van der Waals surface area (Å²) < 4.78 is 14.0. The fourth-order valence-electron chi connectivity index (χ4n) is 4.34. The van der Waals surface area contributed by atoms with Crippen molar-refractivity contribution < 1.29 is 9.47 Å². The highest BCUT2D eigenvalue weighted by molar-refractivity contribution is 5.60. The van der Waals surface area contributed by atoms with Gasteiger partial charge in [-0.2, -0.15) is 10.1 Å². The van der Waals surface area contributed by atoms with Gasteiger partial charge in [-0.1, -0.05) is 0 Å². The molecule has 0 aromatic heterocycles. The lowest BCUT2D eigenvalue weighted by Gasteiger charge is -2.26. The van der Waals surface area contributed by atoms with Gasteiger partial charge in [0.15, 0.2) is 17.3 Å². The van der Waals surface area contributed by atoms with Gasteiger partial charge in [-0.15, -0.1) is 0 Å². The standard InChI is InChI=1S/C23H29N7O4/c1-28-22(31)19-21(26-23(28)32)30(17-6-8-24-9-7-17)27-20(25-19)16-2-4-18(5-3-16)34-15-12-29-10-13-33-14-11-29/h2-5,17,24H,6-15H2,1H3. The molecule has 11 nitrogen and oxygen atoms in total. The van der Waals surface area contributed by atoms with E-state index in [0.717, 1.165) is 74.7 Å². The van der Waals surface area contributed by atoms with Crippen molar-refractivity contribution in [2.24, 2.45) is 7.05 Å². The molecule has 2 fully saturated rings. The van der Waals surface area contributed by atoms with Crippen molar-refractivity contribution in [3.63, 3.8) is 0 Å². The van der Waals surface area contributed by atoms with Crippen LogP contribution in [0, 0.1) is 0 Å². The lowest BCUT2D eigenvalue weighted by Crippen LogP contribution is -2.39. The van der Waals surface area contributed by atoms with Gasteiger partial charge >= 0.3 is 5.69 Å². The van der Waals surface area contributed by atoms with Gasteiger partial charge in [0, 0.05) is 32.2 Å². The molecule has 0 aliphatic carbocycles. The van der Waals surface area contributed by atoms with Crippen molar-refractivity contribution >= 4 is 0 Å². The van der Waals surface area contributed by atoms with E-state index in [1.54, 1.807) is 4.68 Å². The second-order valence-electron chi connectivity index (χ2n) is 8.62. The third kappa shape index (κ3) is 4.72. The number of aromatic nitrogens is 5. The Balaban J connectivity index is 1.41. The van der Waals surface area contributed by atoms with E-state index in [9.17, 15) is 9.59 Å². The van der Waals surface area contributed by atoms with Crippen LogP contribution in [0.5, 0.6) is 5.75 Å². The Hall–Kier alpha value is -3.15. The smallest absolute Gasteiger partial charge is 0.352 e. The highest BCUT2D eigenvalue weighted by Crippen LogP contribution is 2.26. The molecule has 4 heterocycles. The Morgan fingerprint density at radius 2 is 1.82 bits per heavy atom. The minimum Gasteiger partial charge on any atom is -0.492 e. The fraction of sp³-hybridized carbons (Fsp3) is 0.522. The van der Waals surface area contributed by atoms with E-state index in [2.05, 4.69) is 20.2 Å². The summed E-state index contributed by atoms with van der Waals surface area (Å²) >= 11 is 0. The third-order valence-corrected chi connectivity index (χ3v) is 6.39. The second kappa shape index (κ2) is 10.00. The summed E-state index contributed by atoms with van der Waals surface area (Å²) in [5.74, 6) is 1.42. The number of hydrogen-bond donors (Lipinski definition) is 1. The Morgan fingerprint density at radius 3 is 2.56 bits per heavy atom. The summed E-state index contributed by atoms with van der Waals surface area (Å²) in [7, 11) is 1.41. The molecule has 0 spiro atoms. The number of benzene rings is 1. The first-order valence-corrected chi connectivity index (χ1v) is 11.7. The second-order valence-corrected chi connectivity index (χ2v) is 8.62. The molecule has 0 unspecified atom stereocenters. The summed E-state index contributed by atoms with van der Waals surface area (Å²) in [4.78, 5) is 36.0. The summed E-state index contributed by atoms with van der Waals surface area (Å²) in [6.45, 7) is 6.53. The number of ether oxygens (including phenoxy) is 2. The van der Waals surface area contributed by atoms with E-state index in [0.29, 0.717) is 12.4 Å². The monoisotopic (exact) mass is 467 g/mol. The maximum Gasteiger partial charge on any atom is 0.352 e. The van der Waals surface area contributed by atoms with E-state index >= 15 is 0 Å². The van der Waals surface area contributed by atoms with E-state index < -0.39 is 11.2 Å². The SMILES string of the molecule is Cn1c(=O)nc2n(C3CCNCC3)nc(-c3ccc(OCCN4CCOCC4)cc3)nc-2c1=O. The molecule has 34 heavy (non-hydrogen) atoms. The predicted octanol–water partition coefficient (Wildman–Crippen LogP) is 0.139. The molecule has 0 atom stereocenters. The largest absolute Gasteiger partial charge is 0.492 e. The van der Waals surface area contributed by atoms with Gasteiger partial charge in [-0.3, -0.25) is 14.3 Å². The molecule has 0 bridgehead atoms. The Labute approximate surface area is 196 Å². The lowest BCUT2D eigenvalue weighted by atomic mass is 10.1.